The summed E-state index contributed by atoms with van der Waals surface area (Å²) in [5.74, 6) is 0. The Balaban J connectivity index is 2.60. The van der Waals surface area contributed by atoms with Crippen molar-refractivity contribution in [2.45, 2.75) is 58.2 Å². The van der Waals surface area contributed by atoms with Crippen molar-refractivity contribution in [3.8, 4) is 0 Å². The van der Waals surface area contributed by atoms with E-state index < -0.39 is 5.60 Å². The Morgan fingerprint density at radius 1 is 1.53 bits per heavy atom. The third-order valence-electron chi connectivity index (χ3n) is 2.64. The normalized spacial score (nSPS) is 26.9. The number of ether oxygens (including phenoxy) is 1. The van der Waals surface area contributed by atoms with Gasteiger partial charge < -0.3 is 15.4 Å². The number of carbonyl (C=O) groups excluding carboxylic acids is 1. The number of rotatable bonds is 1. The van der Waals surface area contributed by atoms with E-state index in [4.69, 9.17) is 10.5 Å². The summed E-state index contributed by atoms with van der Waals surface area (Å²) < 4.78 is 5.33. The first kappa shape index (κ1) is 12.3. The van der Waals surface area contributed by atoms with Crippen molar-refractivity contribution in [1.82, 2.24) is 4.90 Å². The monoisotopic (exact) mass is 214 g/mol. The fourth-order valence-electron chi connectivity index (χ4n) is 1.95. The van der Waals surface area contributed by atoms with Gasteiger partial charge >= 0.3 is 6.09 Å². The number of amides is 1. The van der Waals surface area contributed by atoms with Crippen molar-refractivity contribution in [2.75, 3.05) is 6.54 Å². The van der Waals surface area contributed by atoms with Gasteiger partial charge in [-0.25, -0.2) is 4.79 Å². The summed E-state index contributed by atoms with van der Waals surface area (Å²) in [4.78, 5) is 13.6. The molecule has 15 heavy (non-hydrogen) atoms. The van der Waals surface area contributed by atoms with E-state index in [0.29, 0.717) is 6.54 Å². The quantitative estimate of drug-likeness (QED) is 0.723. The topological polar surface area (TPSA) is 55.6 Å². The van der Waals surface area contributed by atoms with Crippen LogP contribution in [0.1, 0.15) is 40.5 Å². The molecule has 1 aliphatic rings. The molecule has 0 spiro atoms. The molecule has 0 unspecified atom stereocenters. The van der Waals surface area contributed by atoms with Crippen molar-refractivity contribution in [1.29, 1.82) is 0 Å². The van der Waals surface area contributed by atoms with Crippen molar-refractivity contribution >= 4 is 6.09 Å². The van der Waals surface area contributed by atoms with Crippen LogP contribution in [0.15, 0.2) is 0 Å². The van der Waals surface area contributed by atoms with Gasteiger partial charge in [0, 0.05) is 18.6 Å². The lowest BCUT2D eigenvalue weighted by Gasteiger charge is -2.29. The molecule has 2 N–H and O–H groups in total. The van der Waals surface area contributed by atoms with Gasteiger partial charge in [0.15, 0.2) is 0 Å². The van der Waals surface area contributed by atoms with Gasteiger partial charge in [0.25, 0.3) is 0 Å². The molecule has 1 amide bonds. The first-order chi connectivity index (χ1) is 6.85. The Bertz CT molecular complexity index is 235. The lowest BCUT2D eigenvalue weighted by Crippen LogP contribution is -2.44. The van der Waals surface area contributed by atoms with Crippen LogP contribution in [0.5, 0.6) is 0 Å². The maximum Gasteiger partial charge on any atom is 0.410 e. The Morgan fingerprint density at radius 3 is 2.60 bits per heavy atom. The largest absolute Gasteiger partial charge is 0.444 e. The van der Waals surface area contributed by atoms with E-state index in [0.717, 1.165) is 12.8 Å². The summed E-state index contributed by atoms with van der Waals surface area (Å²) in [7, 11) is 0. The van der Waals surface area contributed by atoms with E-state index in [1.165, 1.54) is 0 Å². The maximum absolute atomic E-state index is 11.8. The molecule has 1 heterocycles. The second kappa shape index (κ2) is 4.39. The van der Waals surface area contributed by atoms with Crippen molar-refractivity contribution in [2.24, 2.45) is 5.73 Å². The fourth-order valence-corrected chi connectivity index (χ4v) is 1.95. The summed E-state index contributed by atoms with van der Waals surface area (Å²) in [5, 5.41) is 0. The second-order valence-corrected chi connectivity index (χ2v) is 5.10. The first-order valence-electron chi connectivity index (χ1n) is 5.60. The summed E-state index contributed by atoms with van der Waals surface area (Å²) in [6.07, 6.45) is 1.53. The SMILES string of the molecule is CC[C@H]1[C@H](N)CCN1C(=O)OC(C)(C)C. The lowest BCUT2D eigenvalue weighted by atomic mass is 10.1. The van der Waals surface area contributed by atoms with Crippen molar-refractivity contribution in [3.63, 3.8) is 0 Å². The van der Waals surface area contributed by atoms with Crippen LogP contribution in [0, 0.1) is 0 Å². The zero-order chi connectivity index (χ0) is 11.6. The van der Waals surface area contributed by atoms with Gasteiger partial charge in [0.1, 0.15) is 5.60 Å². The molecule has 1 rings (SSSR count). The minimum Gasteiger partial charge on any atom is -0.444 e. The van der Waals surface area contributed by atoms with Gasteiger partial charge in [0.05, 0.1) is 0 Å². The average molecular weight is 214 g/mol. The molecule has 1 saturated heterocycles. The van der Waals surface area contributed by atoms with Crippen molar-refractivity contribution in [3.05, 3.63) is 0 Å². The highest BCUT2D eigenvalue weighted by Crippen LogP contribution is 2.21. The molecular weight excluding hydrogens is 192 g/mol. The maximum atomic E-state index is 11.8. The summed E-state index contributed by atoms with van der Waals surface area (Å²) >= 11 is 0. The molecule has 0 aromatic rings. The standard InChI is InChI=1S/C11H22N2O2/c1-5-9-8(12)6-7-13(9)10(14)15-11(2,3)4/h8-9H,5-7,12H2,1-4H3/t8-,9+/m1/s1. The summed E-state index contributed by atoms with van der Waals surface area (Å²) in [6.45, 7) is 8.40. The summed E-state index contributed by atoms with van der Waals surface area (Å²) in [5.41, 5.74) is 5.50. The van der Waals surface area contributed by atoms with Crippen LogP contribution in [0.25, 0.3) is 0 Å². The highest BCUT2D eigenvalue weighted by Gasteiger charge is 2.35. The number of hydrogen-bond acceptors (Lipinski definition) is 3. The zero-order valence-corrected chi connectivity index (χ0v) is 10.1. The number of nitrogens with two attached hydrogens (primary N) is 1. The van der Waals surface area contributed by atoms with Gasteiger partial charge in [-0.15, -0.1) is 0 Å². The summed E-state index contributed by atoms with van der Waals surface area (Å²) in [6, 6.07) is 0.238. The van der Waals surface area contributed by atoms with Gasteiger partial charge in [-0.05, 0) is 33.6 Å². The molecule has 1 aliphatic heterocycles. The third kappa shape index (κ3) is 3.09. The van der Waals surface area contributed by atoms with Gasteiger partial charge in [0.2, 0.25) is 0 Å². The number of hydrogen-bond donors (Lipinski definition) is 1. The van der Waals surface area contributed by atoms with Gasteiger partial charge in [-0.1, -0.05) is 6.92 Å². The molecule has 0 bridgehead atoms. The predicted molar refractivity (Wildman–Crippen MR) is 59.6 cm³/mol. The predicted octanol–water partition coefficient (Wildman–Crippen LogP) is 1.73. The van der Waals surface area contributed by atoms with Crippen LogP contribution in [0.4, 0.5) is 4.79 Å². The Morgan fingerprint density at radius 2 is 2.13 bits per heavy atom. The fraction of sp³-hybridized carbons (Fsp3) is 0.909. The smallest absolute Gasteiger partial charge is 0.410 e. The number of nitrogens with zero attached hydrogens (tertiary/aromatic N) is 1. The highest BCUT2D eigenvalue weighted by atomic mass is 16.6. The van der Waals surface area contributed by atoms with Crippen molar-refractivity contribution < 1.29 is 9.53 Å². The number of carbonyl (C=O) groups is 1. The van der Waals surface area contributed by atoms with E-state index in [1.54, 1.807) is 4.90 Å². The Kier molecular flexibility index (Phi) is 3.60. The van der Waals surface area contributed by atoms with Gasteiger partial charge in [-0.3, -0.25) is 0 Å². The molecule has 0 saturated carbocycles. The molecule has 4 nitrogen and oxygen atoms in total. The molecule has 0 aromatic carbocycles. The van der Waals surface area contributed by atoms with E-state index >= 15 is 0 Å². The van der Waals surface area contributed by atoms with E-state index in [9.17, 15) is 4.79 Å². The van der Waals surface area contributed by atoms with Crippen LogP contribution < -0.4 is 5.73 Å². The number of likely N-dealkylation sites (tertiary alicyclic amines) is 1. The average Bonchev–Trinajstić information content (AvgIpc) is 2.43. The third-order valence-corrected chi connectivity index (χ3v) is 2.64. The minimum absolute atomic E-state index is 0.0996. The molecule has 1 fully saturated rings. The van der Waals surface area contributed by atoms with Gasteiger partial charge in [-0.2, -0.15) is 0 Å². The van der Waals surface area contributed by atoms with Crippen LogP contribution >= 0.6 is 0 Å². The highest BCUT2D eigenvalue weighted by molar-refractivity contribution is 5.69. The molecular formula is C11H22N2O2. The molecule has 0 radical (unpaired) electrons. The molecule has 0 aromatic heterocycles. The van der Waals surface area contributed by atoms with Crippen LogP contribution in [0.3, 0.4) is 0 Å². The first-order valence-corrected chi connectivity index (χ1v) is 5.60. The zero-order valence-electron chi connectivity index (χ0n) is 10.1. The molecule has 4 heteroatoms. The van der Waals surface area contributed by atoms with Crippen LogP contribution in [0.2, 0.25) is 0 Å². The van der Waals surface area contributed by atoms with E-state index in [2.05, 4.69) is 0 Å². The minimum atomic E-state index is -0.429. The molecule has 88 valence electrons. The molecule has 2 atom stereocenters. The lowest BCUT2D eigenvalue weighted by molar-refractivity contribution is 0.0217. The Labute approximate surface area is 91.8 Å². The van der Waals surface area contributed by atoms with E-state index in [1.807, 2.05) is 27.7 Å². The Hall–Kier alpha value is -0.770. The molecule has 0 aliphatic carbocycles. The van der Waals surface area contributed by atoms with E-state index in [-0.39, 0.29) is 18.2 Å². The van der Waals surface area contributed by atoms with Crippen LogP contribution in [-0.2, 0) is 4.74 Å². The second-order valence-electron chi connectivity index (χ2n) is 5.10. The van der Waals surface area contributed by atoms with Crippen LogP contribution in [-0.4, -0.2) is 35.2 Å².